The van der Waals surface area contributed by atoms with Crippen LogP contribution >= 0.6 is 0 Å². The molecule has 2 aliphatic rings. The molecule has 3 heterocycles. The van der Waals surface area contributed by atoms with Gasteiger partial charge >= 0.3 is 6.03 Å². The minimum absolute atomic E-state index is 0.0836. The second kappa shape index (κ2) is 5.45. The minimum atomic E-state index is -0.588. The van der Waals surface area contributed by atoms with Gasteiger partial charge in [-0.05, 0) is 29.8 Å². The van der Waals surface area contributed by atoms with E-state index in [0.29, 0.717) is 35.7 Å². The van der Waals surface area contributed by atoms with Crippen molar-refractivity contribution in [1.82, 2.24) is 15.5 Å². The molecule has 2 aromatic rings. The fourth-order valence-corrected chi connectivity index (χ4v) is 3.10. The lowest BCUT2D eigenvalue weighted by Gasteiger charge is -2.25. The summed E-state index contributed by atoms with van der Waals surface area (Å²) < 4.78 is 5.30. The summed E-state index contributed by atoms with van der Waals surface area (Å²) in [6.45, 7) is 0.652. The van der Waals surface area contributed by atoms with Crippen LogP contribution in [0, 0.1) is 0 Å². The molecular formula is C17H15N3O4. The summed E-state index contributed by atoms with van der Waals surface area (Å²) >= 11 is 0. The third kappa shape index (κ3) is 2.40. The van der Waals surface area contributed by atoms with Crippen molar-refractivity contribution in [1.29, 1.82) is 0 Å². The number of carbonyl (C=O) groups excluding carboxylic acids is 2. The van der Waals surface area contributed by atoms with Gasteiger partial charge in [0.05, 0.1) is 36.7 Å². The number of benzene rings is 1. The zero-order chi connectivity index (χ0) is 16.7. The van der Waals surface area contributed by atoms with Crippen LogP contribution in [0.15, 0.2) is 58.3 Å². The highest BCUT2D eigenvalue weighted by Crippen LogP contribution is 2.34. The maximum atomic E-state index is 12.8. The number of phenols is 1. The number of aromatic hydroxyl groups is 1. The van der Waals surface area contributed by atoms with Gasteiger partial charge in [0.2, 0.25) is 0 Å². The van der Waals surface area contributed by atoms with E-state index in [-0.39, 0.29) is 17.7 Å². The Morgan fingerprint density at radius 3 is 2.88 bits per heavy atom. The summed E-state index contributed by atoms with van der Waals surface area (Å²) in [4.78, 5) is 26.4. The molecule has 1 aromatic carbocycles. The molecular weight excluding hydrogens is 310 g/mol. The molecule has 2 aliphatic heterocycles. The maximum Gasteiger partial charge on any atom is 0.319 e. The molecule has 3 N–H and O–H groups in total. The van der Waals surface area contributed by atoms with Gasteiger partial charge in [0.15, 0.2) is 0 Å². The molecule has 0 aliphatic carbocycles. The molecule has 0 saturated heterocycles. The van der Waals surface area contributed by atoms with Crippen LogP contribution in [-0.4, -0.2) is 28.5 Å². The lowest BCUT2D eigenvalue weighted by molar-refractivity contribution is -0.126. The van der Waals surface area contributed by atoms with Crippen LogP contribution < -0.4 is 10.6 Å². The quantitative estimate of drug-likeness (QED) is 0.799. The summed E-state index contributed by atoms with van der Waals surface area (Å²) in [7, 11) is 0. The van der Waals surface area contributed by atoms with Crippen LogP contribution in [0.4, 0.5) is 4.79 Å². The normalized spacial score (nSPS) is 20.0. The van der Waals surface area contributed by atoms with Crippen LogP contribution in [0.5, 0.6) is 5.75 Å². The molecule has 1 unspecified atom stereocenters. The van der Waals surface area contributed by atoms with Crippen molar-refractivity contribution in [2.24, 2.45) is 0 Å². The molecule has 122 valence electrons. The van der Waals surface area contributed by atoms with E-state index in [1.165, 1.54) is 0 Å². The maximum absolute atomic E-state index is 12.8. The van der Waals surface area contributed by atoms with E-state index in [9.17, 15) is 14.7 Å². The second-order valence-corrected chi connectivity index (χ2v) is 5.76. The number of nitrogens with zero attached hydrogens (tertiary/aromatic N) is 1. The zero-order valence-corrected chi connectivity index (χ0v) is 12.7. The Kier molecular flexibility index (Phi) is 3.26. The minimum Gasteiger partial charge on any atom is -0.508 e. The molecule has 0 bridgehead atoms. The predicted octanol–water partition coefficient (Wildman–Crippen LogP) is 1.64. The van der Waals surface area contributed by atoms with Crippen molar-refractivity contribution in [3.63, 3.8) is 0 Å². The van der Waals surface area contributed by atoms with Gasteiger partial charge in [0.25, 0.3) is 5.91 Å². The van der Waals surface area contributed by atoms with Gasteiger partial charge in [0, 0.05) is 0 Å². The first-order valence-corrected chi connectivity index (χ1v) is 7.53. The van der Waals surface area contributed by atoms with Crippen molar-refractivity contribution in [2.45, 2.75) is 12.6 Å². The smallest absolute Gasteiger partial charge is 0.319 e. The average Bonchev–Trinajstić information content (AvgIpc) is 3.16. The molecule has 3 amide bonds. The van der Waals surface area contributed by atoms with Gasteiger partial charge in [-0.2, -0.15) is 0 Å². The van der Waals surface area contributed by atoms with Gasteiger partial charge in [-0.25, -0.2) is 4.79 Å². The van der Waals surface area contributed by atoms with Crippen LogP contribution in [0.1, 0.15) is 17.4 Å². The fourth-order valence-electron chi connectivity index (χ4n) is 3.10. The van der Waals surface area contributed by atoms with E-state index in [0.717, 1.165) is 0 Å². The number of hydrogen-bond acceptors (Lipinski definition) is 4. The number of amides is 3. The Hall–Kier alpha value is -3.22. The van der Waals surface area contributed by atoms with Gasteiger partial charge in [0.1, 0.15) is 11.5 Å². The molecule has 0 fully saturated rings. The molecule has 0 saturated carbocycles. The highest BCUT2D eigenvalue weighted by Gasteiger charge is 2.40. The van der Waals surface area contributed by atoms with Crippen LogP contribution in [-0.2, 0) is 11.3 Å². The Balaban J connectivity index is 1.66. The number of urea groups is 1. The van der Waals surface area contributed by atoms with E-state index in [1.807, 2.05) is 0 Å². The number of furan rings is 1. The lowest BCUT2D eigenvalue weighted by atomic mass is 9.96. The van der Waals surface area contributed by atoms with Crippen molar-refractivity contribution >= 4 is 11.9 Å². The molecule has 7 nitrogen and oxygen atoms in total. The molecule has 7 heteroatoms. The Labute approximate surface area is 137 Å². The highest BCUT2D eigenvalue weighted by atomic mass is 16.3. The SMILES string of the molecule is O=C1NC2=C(C(=O)N(Cc3ccco3)C2)C(c2cccc(O)c2)N1. The van der Waals surface area contributed by atoms with E-state index < -0.39 is 6.04 Å². The van der Waals surface area contributed by atoms with Crippen molar-refractivity contribution in [2.75, 3.05) is 6.54 Å². The largest absolute Gasteiger partial charge is 0.508 e. The van der Waals surface area contributed by atoms with E-state index in [1.54, 1.807) is 47.6 Å². The number of hydrogen-bond donors (Lipinski definition) is 3. The average molecular weight is 325 g/mol. The van der Waals surface area contributed by atoms with Crippen LogP contribution in [0.3, 0.4) is 0 Å². The first-order chi connectivity index (χ1) is 11.6. The van der Waals surface area contributed by atoms with Crippen molar-refractivity contribution < 1.29 is 19.1 Å². The van der Waals surface area contributed by atoms with Crippen molar-refractivity contribution in [3.8, 4) is 5.75 Å². The second-order valence-electron chi connectivity index (χ2n) is 5.76. The summed E-state index contributed by atoms with van der Waals surface area (Å²) in [6.07, 6.45) is 1.56. The Bertz CT molecular complexity index is 841. The first kappa shape index (κ1) is 14.4. The molecule has 0 radical (unpaired) electrons. The van der Waals surface area contributed by atoms with Gasteiger partial charge in [-0.15, -0.1) is 0 Å². The van der Waals surface area contributed by atoms with E-state index >= 15 is 0 Å². The van der Waals surface area contributed by atoms with Crippen molar-refractivity contribution in [3.05, 3.63) is 65.3 Å². The highest BCUT2D eigenvalue weighted by molar-refractivity contribution is 6.01. The third-order valence-electron chi connectivity index (χ3n) is 4.15. The Morgan fingerprint density at radius 2 is 2.12 bits per heavy atom. The molecule has 0 spiro atoms. The van der Waals surface area contributed by atoms with Gasteiger partial charge in [-0.1, -0.05) is 12.1 Å². The topological polar surface area (TPSA) is 94.8 Å². The van der Waals surface area contributed by atoms with E-state index in [4.69, 9.17) is 4.42 Å². The van der Waals surface area contributed by atoms with Crippen LogP contribution in [0.25, 0.3) is 0 Å². The molecule has 24 heavy (non-hydrogen) atoms. The molecule has 1 atom stereocenters. The third-order valence-corrected chi connectivity index (χ3v) is 4.15. The molecule has 1 aromatic heterocycles. The number of nitrogens with one attached hydrogen (secondary N) is 2. The van der Waals surface area contributed by atoms with E-state index in [2.05, 4.69) is 10.6 Å². The van der Waals surface area contributed by atoms with Gasteiger partial charge < -0.3 is 25.1 Å². The monoisotopic (exact) mass is 325 g/mol. The zero-order valence-electron chi connectivity index (χ0n) is 12.7. The number of rotatable bonds is 3. The summed E-state index contributed by atoms with van der Waals surface area (Å²) in [5.41, 5.74) is 1.74. The first-order valence-electron chi connectivity index (χ1n) is 7.53. The summed E-state index contributed by atoms with van der Waals surface area (Å²) in [5, 5.41) is 15.1. The summed E-state index contributed by atoms with van der Waals surface area (Å²) in [6, 6.07) is 9.15. The Morgan fingerprint density at radius 1 is 1.25 bits per heavy atom. The standard InChI is InChI=1S/C17H15N3O4/c21-11-4-1-3-10(7-11)15-14-13(18-17(23)19-15)9-20(16(14)22)8-12-5-2-6-24-12/h1-7,15,21H,8-9H2,(H2,18,19,23). The fraction of sp³-hybridized carbons (Fsp3) is 0.176. The summed E-state index contributed by atoms with van der Waals surface area (Å²) in [5.74, 6) is 0.596. The number of carbonyl (C=O) groups is 2. The van der Waals surface area contributed by atoms with Gasteiger partial charge in [-0.3, -0.25) is 4.79 Å². The van der Waals surface area contributed by atoms with Crippen LogP contribution in [0.2, 0.25) is 0 Å². The number of phenolic OH excluding ortho intramolecular Hbond substituents is 1. The predicted molar refractivity (Wildman–Crippen MR) is 83.7 cm³/mol. The lowest BCUT2D eigenvalue weighted by Crippen LogP contribution is -2.44. The molecule has 4 rings (SSSR count).